The lowest BCUT2D eigenvalue weighted by Gasteiger charge is -2.54. The molecule has 110 valence electrons. The molecule has 0 radical (unpaired) electrons. The number of pyridine rings is 1. The molecule has 2 fully saturated rings. The second kappa shape index (κ2) is 4.49. The van der Waals surface area contributed by atoms with Gasteiger partial charge in [-0.3, -0.25) is 4.79 Å². The maximum absolute atomic E-state index is 13.0. The van der Waals surface area contributed by atoms with E-state index >= 15 is 0 Å². The summed E-state index contributed by atoms with van der Waals surface area (Å²) in [6, 6.07) is 3.59. The molecule has 1 saturated heterocycles. The zero-order chi connectivity index (χ0) is 14.4. The molecule has 1 amide bonds. The fraction of sp³-hybridized carbons (Fsp3) is 0.571. The standard InChI is InChI=1S/C14H17N5O2/c1-10-8-18(14(9-21-10)5-3-6-14)13(20)11-4-2-7-19-12(11)15-16-17-19/h2,4,7,10H,3,5-6,8-9H2,1H3. The molecule has 1 aliphatic heterocycles. The van der Waals surface area contributed by atoms with Crippen LogP contribution in [0.3, 0.4) is 0 Å². The minimum absolute atomic E-state index is 0.00486. The molecule has 3 heterocycles. The van der Waals surface area contributed by atoms with E-state index in [0.29, 0.717) is 24.4 Å². The van der Waals surface area contributed by atoms with E-state index in [-0.39, 0.29) is 17.6 Å². The Morgan fingerprint density at radius 2 is 2.33 bits per heavy atom. The third-order valence-electron chi connectivity index (χ3n) is 4.63. The number of tetrazole rings is 1. The van der Waals surface area contributed by atoms with Crippen LogP contribution in [0.4, 0.5) is 0 Å². The highest BCUT2D eigenvalue weighted by atomic mass is 16.5. The summed E-state index contributed by atoms with van der Waals surface area (Å²) in [6.45, 7) is 3.26. The van der Waals surface area contributed by atoms with E-state index in [2.05, 4.69) is 15.5 Å². The van der Waals surface area contributed by atoms with Crippen molar-refractivity contribution in [2.75, 3.05) is 13.2 Å². The van der Waals surface area contributed by atoms with Crippen LogP contribution in [-0.2, 0) is 4.74 Å². The zero-order valence-electron chi connectivity index (χ0n) is 11.9. The Bertz CT molecular complexity index is 693. The minimum atomic E-state index is -0.121. The van der Waals surface area contributed by atoms with Crippen LogP contribution >= 0.6 is 0 Å². The van der Waals surface area contributed by atoms with Crippen LogP contribution in [0.15, 0.2) is 18.3 Å². The van der Waals surface area contributed by atoms with E-state index in [1.54, 1.807) is 18.3 Å². The molecular formula is C14H17N5O2. The molecule has 1 spiro atoms. The monoisotopic (exact) mass is 287 g/mol. The van der Waals surface area contributed by atoms with Gasteiger partial charge in [-0.25, -0.2) is 0 Å². The lowest BCUT2D eigenvalue weighted by Crippen LogP contribution is -2.64. The summed E-state index contributed by atoms with van der Waals surface area (Å²) in [5.41, 5.74) is 0.947. The van der Waals surface area contributed by atoms with Crippen molar-refractivity contribution in [1.82, 2.24) is 24.9 Å². The average molecular weight is 287 g/mol. The van der Waals surface area contributed by atoms with Gasteiger partial charge in [0.2, 0.25) is 0 Å². The molecule has 1 atom stereocenters. The summed E-state index contributed by atoms with van der Waals surface area (Å²) in [4.78, 5) is 15.0. The molecule has 2 aromatic rings. The summed E-state index contributed by atoms with van der Waals surface area (Å²) in [5.74, 6) is 0.00486. The van der Waals surface area contributed by atoms with E-state index in [0.717, 1.165) is 19.3 Å². The first kappa shape index (κ1) is 12.7. The van der Waals surface area contributed by atoms with Crippen molar-refractivity contribution in [3.63, 3.8) is 0 Å². The highest BCUT2D eigenvalue weighted by molar-refractivity contribution is 6.00. The van der Waals surface area contributed by atoms with E-state index in [1.165, 1.54) is 4.52 Å². The van der Waals surface area contributed by atoms with Gasteiger partial charge in [0.15, 0.2) is 5.65 Å². The Balaban J connectivity index is 1.74. The van der Waals surface area contributed by atoms with Crippen LogP contribution in [0.1, 0.15) is 36.5 Å². The van der Waals surface area contributed by atoms with Crippen LogP contribution in [-0.4, -0.2) is 55.6 Å². The van der Waals surface area contributed by atoms with Crippen LogP contribution in [0.25, 0.3) is 5.65 Å². The molecule has 7 nitrogen and oxygen atoms in total. The van der Waals surface area contributed by atoms with Gasteiger partial charge >= 0.3 is 0 Å². The smallest absolute Gasteiger partial charge is 0.258 e. The maximum atomic E-state index is 13.0. The number of morpholine rings is 1. The number of carbonyl (C=O) groups excluding carboxylic acids is 1. The largest absolute Gasteiger partial charge is 0.374 e. The second-order valence-electron chi connectivity index (χ2n) is 5.98. The Morgan fingerprint density at radius 1 is 1.48 bits per heavy atom. The van der Waals surface area contributed by atoms with E-state index < -0.39 is 0 Å². The topological polar surface area (TPSA) is 72.6 Å². The highest BCUT2D eigenvalue weighted by Crippen LogP contribution is 2.41. The van der Waals surface area contributed by atoms with Crippen molar-refractivity contribution in [2.24, 2.45) is 0 Å². The molecule has 4 rings (SSSR count). The molecule has 1 aliphatic carbocycles. The van der Waals surface area contributed by atoms with Crippen LogP contribution in [0.5, 0.6) is 0 Å². The second-order valence-corrected chi connectivity index (χ2v) is 5.98. The summed E-state index contributed by atoms with van der Waals surface area (Å²) >= 11 is 0. The molecule has 1 saturated carbocycles. The molecule has 7 heteroatoms. The van der Waals surface area contributed by atoms with Gasteiger partial charge in [0.1, 0.15) is 0 Å². The quantitative estimate of drug-likeness (QED) is 0.779. The predicted molar refractivity (Wildman–Crippen MR) is 73.8 cm³/mol. The number of hydrogen-bond donors (Lipinski definition) is 0. The third kappa shape index (κ3) is 1.84. The number of nitrogens with zero attached hydrogens (tertiary/aromatic N) is 5. The van der Waals surface area contributed by atoms with Crippen molar-refractivity contribution < 1.29 is 9.53 Å². The molecule has 2 aromatic heterocycles. The van der Waals surface area contributed by atoms with E-state index in [1.807, 2.05) is 11.8 Å². The number of rotatable bonds is 1. The van der Waals surface area contributed by atoms with Gasteiger partial charge in [0.25, 0.3) is 5.91 Å². The fourth-order valence-electron chi connectivity index (χ4n) is 3.26. The molecule has 2 aliphatic rings. The maximum Gasteiger partial charge on any atom is 0.258 e. The van der Waals surface area contributed by atoms with Crippen LogP contribution in [0, 0.1) is 0 Å². The lowest BCUT2D eigenvalue weighted by atomic mass is 9.74. The number of amides is 1. The Kier molecular flexibility index (Phi) is 2.72. The summed E-state index contributed by atoms with van der Waals surface area (Å²) < 4.78 is 7.32. The van der Waals surface area contributed by atoms with Gasteiger partial charge in [-0.1, -0.05) is 0 Å². The SMILES string of the molecule is CC1CN(C(=O)c2cccn3nnnc23)C2(CCC2)CO1. The van der Waals surface area contributed by atoms with Gasteiger partial charge in [-0.15, -0.1) is 5.10 Å². The molecule has 0 aromatic carbocycles. The van der Waals surface area contributed by atoms with Crippen LogP contribution < -0.4 is 0 Å². The van der Waals surface area contributed by atoms with Crippen LogP contribution in [0.2, 0.25) is 0 Å². The van der Waals surface area contributed by atoms with Gasteiger partial charge in [-0.2, -0.15) is 4.52 Å². The normalized spacial score (nSPS) is 24.2. The lowest BCUT2D eigenvalue weighted by molar-refractivity contribution is -0.118. The van der Waals surface area contributed by atoms with Crippen molar-refractivity contribution in [2.45, 2.75) is 37.8 Å². The molecular weight excluding hydrogens is 270 g/mol. The number of fused-ring (bicyclic) bond motifs is 1. The minimum Gasteiger partial charge on any atom is -0.374 e. The van der Waals surface area contributed by atoms with Gasteiger partial charge < -0.3 is 9.64 Å². The first-order chi connectivity index (χ1) is 10.2. The number of ether oxygens (including phenoxy) is 1. The third-order valence-corrected chi connectivity index (χ3v) is 4.63. The zero-order valence-corrected chi connectivity index (χ0v) is 11.9. The predicted octanol–water partition coefficient (Wildman–Crippen LogP) is 0.908. The summed E-state index contributed by atoms with van der Waals surface area (Å²) in [5, 5.41) is 11.5. The van der Waals surface area contributed by atoms with Crippen molar-refractivity contribution in [3.05, 3.63) is 23.9 Å². The van der Waals surface area contributed by atoms with Crippen molar-refractivity contribution in [1.29, 1.82) is 0 Å². The Morgan fingerprint density at radius 3 is 3.10 bits per heavy atom. The summed E-state index contributed by atoms with van der Waals surface area (Å²) in [7, 11) is 0. The fourth-order valence-corrected chi connectivity index (χ4v) is 3.26. The van der Waals surface area contributed by atoms with Gasteiger partial charge in [0, 0.05) is 12.7 Å². The van der Waals surface area contributed by atoms with Gasteiger partial charge in [-0.05, 0) is 48.7 Å². The first-order valence-corrected chi connectivity index (χ1v) is 7.30. The van der Waals surface area contributed by atoms with E-state index in [4.69, 9.17) is 4.74 Å². The van der Waals surface area contributed by atoms with E-state index in [9.17, 15) is 4.79 Å². The van der Waals surface area contributed by atoms with Crippen molar-refractivity contribution >= 4 is 11.6 Å². The first-order valence-electron chi connectivity index (χ1n) is 7.30. The molecule has 0 N–H and O–H groups in total. The number of hydrogen-bond acceptors (Lipinski definition) is 5. The Labute approximate surface area is 121 Å². The number of carbonyl (C=O) groups is 1. The molecule has 21 heavy (non-hydrogen) atoms. The highest BCUT2D eigenvalue weighted by Gasteiger charge is 2.48. The average Bonchev–Trinajstić information content (AvgIpc) is 2.93. The van der Waals surface area contributed by atoms with Crippen molar-refractivity contribution in [3.8, 4) is 0 Å². The summed E-state index contributed by atoms with van der Waals surface area (Å²) in [6.07, 6.45) is 4.99. The molecule has 0 bridgehead atoms. The number of aromatic nitrogens is 4. The van der Waals surface area contributed by atoms with Gasteiger partial charge in [0.05, 0.1) is 23.8 Å². The Hall–Kier alpha value is -2.02. The molecule has 1 unspecified atom stereocenters.